The van der Waals surface area contributed by atoms with Crippen molar-refractivity contribution in [3.05, 3.63) is 34.1 Å². The fourth-order valence-electron chi connectivity index (χ4n) is 1.10. The van der Waals surface area contributed by atoms with Gasteiger partial charge in [-0.05, 0) is 11.6 Å². The van der Waals surface area contributed by atoms with E-state index in [1.165, 1.54) is 12.3 Å². The lowest BCUT2D eigenvalue weighted by molar-refractivity contribution is 0.0235. The van der Waals surface area contributed by atoms with Gasteiger partial charge in [-0.3, -0.25) is 4.79 Å². The van der Waals surface area contributed by atoms with Gasteiger partial charge in [0.2, 0.25) is 0 Å². The van der Waals surface area contributed by atoms with Gasteiger partial charge in [0.25, 0.3) is 0 Å². The molecule has 2 N–H and O–H groups in total. The number of aliphatic hydroxyl groups is 2. The van der Waals surface area contributed by atoms with Crippen LogP contribution in [0.1, 0.15) is 22.2 Å². The minimum atomic E-state index is -1.31. The molecule has 7 nitrogen and oxygen atoms in total. The van der Waals surface area contributed by atoms with Crippen LogP contribution in [0.5, 0.6) is 0 Å². The molecule has 0 radical (unpaired) electrons. The van der Waals surface area contributed by atoms with Gasteiger partial charge in [0.15, 0.2) is 12.0 Å². The van der Waals surface area contributed by atoms with E-state index in [0.29, 0.717) is 6.29 Å². The highest BCUT2D eigenvalue weighted by atomic mass is 16.3. The molecule has 0 aliphatic heterocycles. The SMILES string of the molecule is [N-]=[N+]=NCC(O)C(O)c1ccoc1C=O. The average molecular weight is 211 g/mol. The van der Waals surface area contributed by atoms with Gasteiger partial charge < -0.3 is 14.6 Å². The van der Waals surface area contributed by atoms with E-state index >= 15 is 0 Å². The predicted molar refractivity (Wildman–Crippen MR) is 49.1 cm³/mol. The fraction of sp³-hybridized carbons (Fsp3) is 0.375. The lowest BCUT2D eigenvalue weighted by atomic mass is 10.1. The molecule has 15 heavy (non-hydrogen) atoms. The first-order valence-corrected chi connectivity index (χ1v) is 4.10. The largest absolute Gasteiger partial charge is 0.461 e. The molecule has 1 aromatic heterocycles. The molecule has 0 spiro atoms. The Labute approximate surface area is 84.6 Å². The third-order valence-corrected chi connectivity index (χ3v) is 1.85. The van der Waals surface area contributed by atoms with Crippen LogP contribution >= 0.6 is 0 Å². The van der Waals surface area contributed by atoms with E-state index in [4.69, 9.17) is 9.95 Å². The van der Waals surface area contributed by atoms with Gasteiger partial charge in [0, 0.05) is 10.5 Å². The number of aldehydes is 1. The van der Waals surface area contributed by atoms with E-state index in [1.54, 1.807) is 0 Å². The zero-order chi connectivity index (χ0) is 11.3. The zero-order valence-corrected chi connectivity index (χ0v) is 7.65. The second-order valence-electron chi connectivity index (χ2n) is 2.78. The van der Waals surface area contributed by atoms with Gasteiger partial charge in [-0.2, -0.15) is 0 Å². The second kappa shape index (κ2) is 5.16. The average Bonchev–Trinajstić information content (AvgIpc) is 2.72. The fourth-order valence-corrected chi connectivity index (χ4v) is 1.10. The first-order valence-electron chi connectivity index (χ1n) is 4.10. The quantitative estimate of drug-likeness (QED) is 0.324. The first-order chi connectivity index (χ1) is 7.20. The third kappa shape index (κ3) is 2.57. The van der Waals surface area contributed by atoms with Gasteiger partial charge >= 0.3 is 0 Å². The van der Waals surface area contributed by atoms with E-state index in [0.717, 1.165) is 0 Å². The van der Waals surface area contributed by atoms with Crippen LogP contribution in [0.3, 0.4) is 0 Å². The molecular formula is C8H9N3O4. The van der Waals surface area contributed by atoms with Crippen LogP contribution in [0.15, 0.2) is 21.9 Å². The number of hydrogen-bond donors (Lipinski definition) is 2. The summed E-state index contributed by atoms with van der Waals surface area (Å²) in [5.41, 5.74) is 8.19. The summed E-state index contributed by atoms with van der Waals surface area (Å²) >= 11 is 0. The van der Waals surface area contributed by atoms with E-state index in [2.05, 4.69) is 10.0 Å². The molecule has 7 heteroatoms. The van der Waals surface area contributed by atoms with Crippen molar-refractivity contribution in [1.82, 2.24) is 0 Å². The molecule has 80 valence electrons. The summed E-state index contributed by atoms with van der Waals surface area (Å²) in [6.07, 6.45) is -0.923. The Kier molecular flexibility index (Phi) is 3.87. The lowest BCUT2D eigenvalue weighted by Crippen LogP contribution is -2.21. The van der Waals surface area contributed by atoms with Crippen molar-refractivity contribution in [3.8, 4) is 0 Å². The molecule has 0 saturated heterocycles. The Bertz CT molecular complexity index is 383. The molecule has 1 heterocycles. The Morgan fingerprint density at radius 3 is 3.00 bits per heavy atom. The van der Waals surface area contributed by atoms with Crippen LogP contribution in [0.4, 0.5) is 0 Å². The van der Waals surface area contributed by atoms with Crippen molar-refractivity contribution in [2.75, 3.05) is 6.54 Å². The summed E-state index contributed by atoms with van der Waals surface area (Å²) < 4.78 is 4.75. The van der Waals surface area contributed by atoms with Crippen LogP contribution < -0.4 is 0 Å². The van der Waals surface area contributed by atoms with Crippen LogP contribution in [-0.2, 0) is 0 Å². The van der Waals surface area contributed by atoms with Gasteiger partial charge in [-0.15, -0.1) is 0 Å². The van der Waals surface area contributed by atoms with Gasteiger partial charge in [0.1, 0.15) is 6.10 Å². The van der Waals surface area contributed by atoms with Gasteiger partial charge in [0.05, 0.1) is 18.9 Å². The van der Waals surface area contributed by atoms with E-state index in [1.807, 2.05) is 0 Å². The van der Waals surface area contributed by atoms with Crippen molar-refractivity contribution < 1.29 is 19.4 Å². The summed E-state index contributed by atoms with van der Waals surface area (Å²) in [7, 11) is 0. The summed E-state index contributed by atoms with van der Waals surface area (Å²) in [5, 5.41) is 22.0. The number of azide groups is 1. The van der Waals surface area contributed by atoms with E-state index in [9.17, 15) is 15.0 Å². The Balaban J connectivity index is 2.79. The second-order valence-corrected chi connectivity index (χ2v) is 2.78. The molecule has 1 aromatic rings. The van der Waals surface area contributed by atoms with Crippen molar-refractivity contribution in [1.29, 1.82) is 0 Å². The van der Waals surface area contributed by atoms with Crippen LogP contribution in [-0.4, -0.2) is 29.1 Å². The minimum Gasteiger partial charge on any atom is -0.461 e. The number of aliphatic hydroxyl groups excluding tert-OH is 2. The summed E-state index contributed by atoms with van der Waals surface area (Å²) in [5.74, 6) is -0.0533. The molecule has 0 aliphatic carbocycles. The zero-order valence-electron chi connectivity index (χ0n) is 7.65. The molecule has 2 atom stereocenters. The number of carbonyl (C=O) groups excluding carboxylic acids is 1. The van der Waals surface area contributed by atoms with Crippen molar-refractivity contribution in [2.24, 2.45) is 5.11 Å². The van der Waals surface area contributed by atoms with E-state index < -0.39 is 12.2 Å². The highest BCUT2D eigenvalue weighted by Gasteiger charge is 2.22. The highest BCUT2D eigenvalue weighted by Crippen LogP contribution is 2.21. The van der Waals surface area contributed by atoms with Crippen LogP contribution in [0.2, 0.25) is 0 Å². The maximum atomic E-state index is 10.5. The number of hydrogen-bond acceptors (Lipinski definition) is 5. The molecule has 0 aromatic carbocycles. The Hall–Kier alpha value is -1.82. The molecule has 0 bridgehead atoms. The van der Waals surface area contributed by atoms with Gasteiger partial charge in [-0.1, -0.05) is 5.11 Å². The third-order valence-electron chi connectivity index (χ3n) is 1.85. The molecule has 0 fully saturated rings. The minimum absolute atomic E-state index is 0.0533. The van der Waals surface area contributed by atoms with E-state index in [-0.39, 0.29) is 17.9 Å². The number of nitrogens with zero attached hydrogens (tertiary/aromatic N) is 3. The molecular weight excluding hydrogens is 202 g/mol. The highest BCUT2D eigenvalue weighted by molar-refractivity contribution is 5.73. The monoisotopic (exact) mass is 211 g/mol. The summed E-state index contributed by atoms with van der Waals surface area (Å²) in [6, 6.07) is 1.37. The van der Waals surface area contributed by atoms with Crippen LogP contribution in [0, 0.1) is 0 Å². The number of carbonyl (C=O) groups is 1. The van der Waals surface area contributed by atoms with Crippen LogP contribution in [0.25, 0.3) is 10.4 Å². The van der Waals surface area contributed by atoms with Gasteiger partial charge in [-0.25, -0.2) is 0 Å². The Morgan fingerprint density at radius 2 is 2.40 bits per heavy atom. The number of furan rings is 1. The molecule has 0 amide bonds. The van der Waals surface area contributed by atoms with Crippen molar-refractivity contribution in [3.63, 3.8) is 0 Å². The molecule has 2 unspecified atom stereocenters. The maximum absolute atomic E-state index is 10.5. The maximum Gasteiger partial charge on any atom is 0.185 e. The molecule has 0 aliphatic rings. The normalized spacial score (nSPS) is 14.0. The van der Waals surface area contributed by atoms with Crippen molar-refractivity contribution >= 4 is 6.29 Å². The summed E-state index contributed by atoms with van der Waals surface area (Å²) in [6.45, 7) is -0.277. The Morgan fingerprint density at radius 1 is 1.67 bits per heavy atom. The standard InChI is InChI=1S/C8H9N3O4/c9-11-10-3-6(13)8(14)5-1-2-15-7(5)4-12/h1-2,4,6,8,13-14H,3H2. The molecule has 1 rings (SSSR count). The predicted octanol–water partition coefficient (Wildman–Crippen LogP) is 0.797. The molecule has 0 saturated carbocycles. The topological polar surface area (TPSA) is 119 Å². The van der Waals surface area contributed by atoms with Crippen molar-refractivity contribution in [2.45, 2.75) is 12.2 Å². The smallest absolute Gasteiger partial charge is 0.185 e. The summed E-state index contributed by atoms with van der Waals surface area (Å²) in [4.78, 5) is 12.9. The first kappa shape index (κ1) is 11.3. The lowest BCUT2D eigenvalue weighted by Gasteiger charge is -2.14. The number of rotatable bonds is 5.